The van der Waals surface area contributed by atoms with Crippen molar-refractivity contribution >= 4 is 39.8 Å². The van der Waals surface area contributed by atoms with Gasteiger partial charge in [0.25, 0.3) is 0 Å². The fourth-order valence-corrected chi connectivity index (χ4v) is 2.29. The number of likely N-dealkylation sites (N-methyl/N-ethyl adjacent to an activating group) is 1. The third-order valence-electron chi connectivity index (χ3n) is 3.16. The van der Waals surface area contributed by atoms with Crippen molar-refractivity contribution in [1.29, 1.82) is 0 Å². The van der Waals surface area contributed by atoms with Gasteiger partial charge >= 0.3 is 0 Å². The van der Waals surface area contributed by atoms with E-state index in [1.165, 1.54) is 4.90 Å². The number of carbonyl (C=O) groups excluding carboxylic acids is 1. The molecule has 1 unspecified atom stereocenters. The van der Waals surface area contributed by atoms with Crippen LogP contribution in [-0.2, 0) is 4.79 Å². The van der Waals surface area contributed by atoms with Crippen LogP contribution >= 0.6 is 12.2 Å². The Labute approximate surface area is 129 Å². The molecule has 21 heavy (non-hydrogen) atoms. The summed E-state index contributed by atoms with van der Waals surface area (Å²) in [6, 6.07) is 9.03. The van der Waals surface area contributed by atoms with Gasteiger partial charge in [0.05, 0.1) is 5.52 Å². The van der Waals surface area contributed by atoms with Crippen LogP contribution in [0, 0.1) is 0 Å². The fraction of sp³-hybridized carbons (Fsp3) is 0.267. The number of pyridine rings is 1. The molecule has 1 atom stereocenters. The fourth-order valence-electron chi connectivity index (χ4n) is 2.12. The Hall–Kier alpha value is -2.21. The minimum Gasteiger partial charge on any atom is -0.389 e. The smallest absolute Gasteiger partial charge is 0.244 e. The summed E-state index contributed by atoms with van der Waals surface area (Å²) in [5, 5.41) is 4.00. The van der Waals surface area contributed by atoms with E-state index in [-0.39, 0.29) is 11.9 Å². The highest BCUT2D eigenvalue weighted by molar-refractivity contribution is 7.80. The van der Waals surface area contributed by atoms with Gasteiger partial charge in [0.2, 0.25) is 5.91 Å². The average molecular weight is 302 g/mol. The molecular formula is C15H18N4OS. The SMILES string of the molecule is CC(Nc1cc(C(N)=S)c2ccccc2n1)C(=O)N(C)C. The zero-order valence-electron chi connectivity index (χ0n) is 12.3. The van der Waals surface area contributed by atoms with Gasteiger partial charge in [-0.3, -0.25) is 4.79 Å². The van der Waals surface area contributed by atoms with Crippen LogP contribution in [0.3, 0.4) is 0 Å². The number of rotatable bonds is 4. The number of fused-ring (bicyclic) bond motifs is 1. The second-order valence-electron chi connectivity index (χ2n) is 5.04. The molecule has 1 aromatic heterocycles. The van der Waals surface area contributed by atoms with Crippen LogP contribution in [0.5, 0.6) is 0 Å². The number of nitrogens with zero attached hydrogens (tertiary/aromatic N) is 2. The van der Waals surface area contributed by atoms with Gasteiger partial charge < -0.3 is 16.0 Å². The van der Waals surface area contributed by atoms with E-state index < -0.39 is 0 Å². The number of amides is 1. The van der Waals surface area contributed by atoms with Crippen LogP contribution in [0.15, 0.2) is 30.3 Å². The molecule has 0 aliphatic carbocycles. The summed E-state index contributed by atoms with van der Waals surface area (Å²) < 4.78 is 0. The molecule has 0 aliphatic rings. The topological polar surface area (TPSA) is 71.2 Å². The van der Waals surface area contributed by atoms with Crippen molar-refractivity contribution < 1.29 is 4.79 Å². The molecular weight excluding hydrogens is 284 g/mol. The van der Waals surface area contributed by atoms with Gasteiger partial charge in [0, 0.05) is 25.0 Å². The van der Waals surface area contributed by atoms with Gasteiger partial charge in [-0.1, -0.05) is 30.4 Å². The maximum absolute atomic E-state index is 11.9. The van der Waals surface area contributed by atoms with Gasteiger partial charge in [-0.05, 0) is 19.1 Å². The van der Waals surface area contributed by atoms with Crippen molar-refractivity contribution in [3.05, 3.63) is 35.9 Å². The van der Waals surface area contributed by atoms with Crippen molar-refractivity contribution in [2.45, 2.75) is 13.0 Å². The van der Waals surface area contributed by atoms with E-state index in [2.05, 4.69) is 10.3 Å². The summed E-state index contributed by atoms with van der Waals surface area (Å²) in [4.78, 5) is 18.3. The first-order chi connectivity index (χ1) is 9.90. The predicted octanol–water partition coefficient (Wildman–Crippen LogP) is 1.76. The largest absolute Gasteiger partial charge is 0.389 e. The lowest BCUT2D eigenvalue weighted by atomic mass is 10.1. The number of thiocarbonyl (C=S) groups is 1. The molecule has 0 saturated heterocycles. The minimum absolute atomic E-state index is 0.0261. The number of nitrogens with one attached hydrogen (secondary N) is 1. The molecule has 110 valence electrons. The first-order valence-electron chi connectivity index (χ1n) is 6.57. The zero-order chi connectivity index (χ0) is 15.6. The Morgan fingerprint density at radius 2 is 2.05 bits per heavy atom. The molecule has 0 radical (unpaired) electrons. The molecule has 2 rings (SSSR count). The van der Waals surface area contributed by atoms with Gasteiger partial charge in [0.15, 0.2) is 0 Å². The van der Waals surface area contributed by atoms with E-state index in [9.17, 15) is 4.79 Å². The predicted molar refractivity (Wildman–Crippen MR) is 89.4 cm³/mol. The Balaban J connectivity index is 2.41. The zero-order valence-corrected chi connectivity index (χ0v) is 13.1. The number of nitrogens with two attached hydrogens (primary N) is 1. The first kappa shape index (κ1) is 15.2. The number of hydrogen-bond acceptors (Lipinski definition) is 4. The van der Waals surface area contributed by atoms with Crippen molar-refractivity contribution in [2.75, 3.05) is 19.4 Å². The number of benzene rings is 1. The summed E-state index contributed by atoms with van der Waals surface area (Å²) in [7, 11) is 3.43. The maximum atomic E-state index is 11.9. The van der Waals surface area contributed by atoms with Crippen LogP contribution < -0.4 is 11.1 Å². The third-order valence-corrected chi connectivity index (χ3v) is 3.38. The van der Waals surface area contributed by atoms with Crippen LogP contribution in [0.4, 0.5) is 5.82 Å². The normalized spacial score (nSPS) is 12.0. The first-order valence-corrected chi connectivity index (χ1v) is 6.98. The van der Waals surface area contributed by atoms with E-state index in [1.54, 1.807) is 27.1 Å². The van der Waals surface area contributed by atoms with E-state index in [0.29, 0.717) is 10.8 Å². The van der Waals surface area contributed by atoms with Gasteiger partial charge in [-0.15, -0.1) is 0 Å². The molecule has 1 amide bonds. The molecule has 1 aromatic carbocycles. The molecule has 1 heterocycles. The second-order valence-corrected chi connectivity index (χ2v) is 5.47. The van der Waals surface area contributed by atoms with Crippen LogP contribution in [-0.4, -0.2) is 40.9 Å². The van der Waals surface area contributed by atoms with Crippen molar-refractivity contribution in [1.82, 2.24) is 9.88 Å². The Morgan fingerprint density at radius 1 is 1.38 bits per heavy atom. The van der Waals surface area contributed by atoms with Crippen LogP contribution in [0.1, 0.15) is 12.5 Å². The van der Waals surface area contributed by atoms with E-state index in [0.717, 1.165) is 16.5 Å². The molecule has 3 N–H and O–H groups in total. The molecule has 6 heteroatoms. The maximum Gasteiger partial charge on any atom is 0.244 e. The van der Waals surface area contributed by atoms with Gasteiger partial charge in [-0.25, -0.2) is 4.98 Å². The quantitative estimate of drug-likeness (QED) is 0.842. The number of anilines is 1. The lowest BCUT2D eigenvalue weighted by molar-refractivity contribution is -0.129. The lowest BCUT2D eigenvalue weighted by Gasteiger charge is -2.19. The highest BCUT2D eigenvalue weighted by Gasteiger charge is 2.16. The summed E-state index contributed by atoms with van der Waals surface area (Å²) in [5.74, 6) is 0.557. The van der Waals surface area contributed by atoms with E-state index in [4.69, 9.17) is 18.0 Å². The molecule has 0 fully saturated rings. The standard InChI is InChI=1S/C15H18N4OS/c1-9(15(20)19(2)3)17-13-8-11(14(16)21)10-6-4-5-7-12(10)18-13/h4-9H,1-3H3,(H2,16,21)(H,17,18). The number of para-hydroxylation sites is 1. The summed E-state index contributed by atoms with van der Waals surface area (Å²) in [5.41, 5.74) is 7.33. The average Bonchev–Trinajstić information content (AvgIpc) is 2.45. The van der Waals surface area contributed by atoms with Crippen molar-refractivity contribution in [3.8, 4) is 0 Å². The van der Waals surface area contributed by atoms with Crippen molar-refractivity contribution in [2.24, 2.45) is 5.73 Å². The minimum atomic E-state index is -0.382. The molecule has 0 aliphatic heterocycles. The Kier molecular flexibility index (Phi) is 4.37. The number of hydrogen-bond donors (Lipinski definition) is 2. The van der Waals surface area contributed by atoms with Gasteiger partial charge in [0.1, 0.15) is 16.8 Å². The number of carbonyl (C=O) groups is 1. The third kappa shape index (κ3) is 3.28. The van der Waals surface area contributed by atoms with E-state index in [1.807, 2.05) is 24.3 Å². The molecule has 0 bridgehead atoms. The van der Waals surface area contributed by atoms with Gasteiger partial charge in [-0.2, -0.15) is 0 Å². The molecule has 0 spiro atoms. The summed E-state index contributed by atoms with van der Waals surface area (Å²) in [6.45, 7) is 1.79. The van der Waals surface area contributed by atoms with Crippen LogP contribution in [0.25, 0.3) is 10.9 Å². The van der Waals surface area contributed by atoms with Crippen LogP contribution in [0.2, 0.25) is 0 Å². The number of aromatic nitrogens is 1. The molecule has 0 saturated carbocycles. The summed E-state index contributed by atoms with van der Waals surface area (Å²) >= 11 is 5.10. The highest BCUT2D eigenvalue weighted by atomic mass is 32.1. The second kappa shape index (κ2) is 6.05. The highest BCUT2D eigenvalue weighted by Crippen LogP contribution is 2.21. The van der Waals surface area contributed by atoms with Crippen molar-refractivity contribution in [3.63, 3.8) is 0 Å². The lowest BCUT2D eigenvalue weighted by Crippen LogP contribution is -2.36. The monoisotopic (exact) mass is 302 g/mol. The molecule has 5 nitrogen and oxygen atoms in total. The molecule has 2 aromatic rings. The summed E-state index contributed by atoms with van der Waals surface area (Å²) in [6.07, 6.45) is 0. The Morgan fingerprint density at radius 3 is 2.67 bits per heavy atom. The van der Waals surface area contributed by atoms with E-state index >= 15 is 0 Å². The Bertz CT molecular complexity index is 699.